The lowest BCUT2D eigenvalue weighted by molar-refractivity contribution is -0.160. The van der Waals surface area contributed by atoms with E-state index < -0.39 is 17.4 Å². The highest BCUT2D eigenvalue weighted by Gasteiger charge is 2.48. The first-order valence-electron chi connectivity index (χ1n) is 14.1. The largest absolute Gasteiger partial charge is 0.497 e. The number of likely N-dealkylation sites (tertiary alicyclic amines) is 1. The first-order chi connectivity index (χ1) is 18.9. The molecule has 9 nitrogen and oxygen atoms in total. The minimum atomic E-state index is -0.721. The van der Waals surface area contributed by atoms with E-state index in [-0.39, 0.29) is 11.8 Å². The van der Waals surface area contributed by atoms with Crippen LogP contribution in [0.15, 0.2) is 36.8 Å². The van der Waals surface area contributed by atoms with Crippen molar-refractivity contribution in [1.82, 2.24) is 25.5 Å². The number of nitrogens with zero attached hydrogens (tertiary/aromatic N) is 2. The Kier molecular flexibility index (Phi) is 10.2. The average molecular weight is 556 g/mol. The Bertz CT molecular complexity index is 1080. The number of benzene rings is 1. The number of hydrogen-bond acceptors (Lipinski definition) is 5. The van der Waals surface area contributed by atoms with Crippen LogP contribution in [0.25, 0.3) is 0 Å². The van der Waals surface area contributed by atoms with Gasteiger partial charge in [0.2, 0.25) is 5.91 Å². The van der Waals surface area contributed by atoms with Crippen LogP contribution in [0, 0.1) is 11.3 Å². The minimum absolute atomic E-state index is 0.0462. The number of thiocarbonyl (C=S) groups is 1. The quantitative estimate of drug-likeness (QED) is 0.245. The summed E-state index contributed by atoms with van der Waals surface area (Å²) in [6.07, 6.45) is 12.0. The number of hydrogen-bond donors (Lipinski definition) is 4. The molecule has 1 aliphatic carbocycles. The van der Waals surface area contributed by atoms with Crippen LogP contribution in [0.1, 0.15) is 62.6 Å². The van der Waals surface area contributed by atoms with Crippen molar-refractivity contribution in [3.8, 4) is 5.75 Å². The molecule has 1 saturated heterocycles. The van der Waals surface area contributed by atoms with Gasteiger partial charge in [0.15, 0.2) is 5.11 Å². The first-order valence-corrected chi connectivity index (χ1v) is 14.5. The Balaban J connectivity index is 1.39. The summed E-state index contributed by atoms with van der Waals surface area (Å²) < 4.78 is 5.28. The Morgan fingerprint density at radius 3 is 2.54 bits per heavy atom. The Morgan fingerprint density at radius 1 is 1.21 bits per heavy atom. The molecule has 1 atom stereocenters. The number of aliphatic carboxylic acids is 1. The third-order valence-corrected chi connectivity index (χ3v) is 8.71. The maximum atomic E-state index is 13.8. The van der Waals surface area contributed by atoms with E-state index in [4.69, 9.17) is 17.0 Å². The molecule has 2 fully saturated rings. The Morgan fingerprint density at radius 2 is 1.92 bits per heavy atom. The van der Waals surface area contributed by atoms with Crippen LogP contribution in [0.4, 0.5) is 0 Å². The van der Waals surface area contributed by atoms with E-state index in [2.05, 4.69) is 20.6 Å². The zero-order valence-electron chi connectivity index (χ0n) is 22.8. The van der Waals surface area contributed by atoms with E-state index >= 15 is 0 Å². The summed E-state index contributed by atoms with van der Waals surface area (Å²) in [6, 6.07) is 7.12. The highest BCUT2D eigenvalue weighted by Crippen LogP contribution is 2.46. The molecule has 2 aromatic rings. The number of rotatable bonds is 11. The molecule has 0 spiro atoms. The highest BCUT2D eigenvalue weighted by atomic mass is 32.1. The van der Waals surface area contributed by atoms with Gasteiger partial charge in [0.25, 0.3) is 0 Å². The molecule has 1 aromatic heterocycles. The molecule has 4 N–H and O–H groups in total. The van der Waals surface area contributed by atoms with Crippen molar-refractivity contribution in [2.24, 2.45) is 11.3 Å². The van der Waals surface area contributed by atoms with Crippen molar-refractivity contribution in [3.05, 3.63) is 48.0 Å². The number of methoxy groups -OCH3 is 1. The number of carboxylic acids is 1. The van der Waals surface area contributed by atoms with Crippen LogP contribution in [0.5, 0.6) is 5.75 Å². The van der Waals surface area contributed by atoms with Crippen molar-refractivity contribution >= 4 is 29.2 Å². The summed E-state index contributed by atoms with van der Waals surface area (Å²) >= 11 is 5.57. The van der Waals surface area contributed by atoms with E-state index in [1.165, 1.54) is 6.42 Å². The van der Waals surface area contributed by atoms with Gasteiger partial charge in [-0.3, -0.25) is 9.59 Å². The molecule has 0 radical (unpaired) electrons. The van der Waals surface area contributed by atoms with Crippen molar-refractivity contribution in [1.29, 1.82) is 0 Å². The van der Waals surface area contributed by atoms with E-state index in [9.17, 15) is 14.7 Å². The van der Waals surface area contributed by atoms with E-state index in [0.29, 0.717) is 44.0 Å². The summed E-state index contributed by atoms with van der Waals surface area (Å²) in [5.74, 6) is 0.213. The second kappa shape index (κ2) is 13.8. The predicted octanol–water partition coefficient (Wildman–Crippen LogP) is 3.70. The maximum Gasteiger partial charge on any atom is 0.310 e. The normalized spacial score (nSPS) is 18.2. The smallest absolute Gasteiger partial charge is 0.310 e. The third kappa shape index (κ3) is 7.50. The highest BCUT2D eigenvalue weighted by molar-refractivity contribution is 7.80. The van der Waals surface area contributed by atoms with Crippen molar-refractivity contribution in [2.75, 3.05) is 26.7 Å². The van der Waals surface area contributed by atoms with Gasteiger partial charge in [-0.2, -0.15) is 0 Å². The number of carbonyl (C=O) groups excluding carboxylic acids is 1. The number of carbonyl (C=O) groups is 2. The molecule has 0 unspecified atom stereocenters. The van der Waals surface area contributed by atoms with Crippen LogP contribution >= 0.6 is 12.2 Å². The lowest BCUT2D eigenvalue weighted by Gasteiger charge is -2.45. The summed E-state index contributed by atoms with van der Waals surface area (Å²) in [5.41, 5.74) is 1.34. The molecule has 10 heteroatoms. The Hall–Kier alpha value is -3.14. The molecule has 212 valence electrons. The lowest BCUT2D eigenvalue weighted by Crippen LogP contribution is -2.56. The topological polar surface area (TPSA) is 120 Å². The zero-order chi connectivity index (χ0) is 27.7. The van der Waals surface area contributed by atoms with Gasteiger partial charge < -0.3 is 30.4 Å². The van der Waals surface area contributed by atoms with E-state index in [1.807, 2.05) is 35.4 Å². The molecule has 1 saturated carbocycles. The van der Waals surface area contributed by atoms with Crippen molar-refractivity contribution in [2.45, 2.75) is 70.3 Å². The average Bonchev–Trinajstić information content (AvgIpc) is 3.49. The van der Waals surface area contributed by atoms with E-state index in [1.54, 1.807) is 13.4 Å². The van der Waals surface area contributed by atoms with Crippen LogP contribution < -0.4 is 15.4 Å². The van der Waals surface area contributed by atoms with Crippen LogP contribution in [-0.2, 0) is 22.4 Å². The number of aryl methyl sites for hydroxylation is 1. The minimum Gasteiger partial charge on any atom is -0.497 e. The molecule has 0 bridgehead atoms. The number of nitrogens with one attached hydrogen (secondary N) is 3. The Labute approximate surface area is 236 Å². The number of ether oxygens (including phenoxy) is 1. The molecule has 4 rings (SSSR count). The number of aromatic nitrogens is 2. The fraction of sp³-hybridized carbons (Fsp3) is 0.586. The third-order valence-electron chi connectivity index (χ3n) is 8.45. The number of H-pyrrole nitrogens is 1. The number of imidazole rings is 1. The molecular formula is C29H41N5O4S. The summed E-state index contributed by atoms with van der Waals surface area (Å²) in [7, 11) is 1.63. The summed E-state index contributed by atoms with van der Waals surface area (Å²) in [6.45, 7) is 1.57. The number of aromatic amines is 1. The molecule has 1 amide bonds. The molecular weight excluding hydrogens is 514 g/mol. The molecule has 1 aromatic carbocycles. The van der Waals surface area contributed by atoms with Crippen LogP contribution in [0.2, 0.25) is 0 Å². The molecule has 1 aliphatic heterocycles. The number of piperidine rings is 1. The van der Waals surface area contributed by atoms with Crippen molar-refractivity contribution < 1.29 is 19.4 Å². The van der Waals surface area contributed by atoms with Gasteiger partial charge in [-0.1, -0.05) is 31.4 Å². The second-order valence-electron chi connectivity index (χ2n) is 10.8. The fourth-order valence-electron chi connectivity index (χ4n) is 6.11. The monoisotopic (exact) mass is 555 g/mol. The SMILES string of the molecule is COc1ccc(C[C@@H](NC(=S)NCCCc2cnc[nH]2)C(=O)N2CCC(C(=O)O)(C3CCCCC3)CC2)cc1. The first kappa shape index (κ1) is 28.9. The van der Waals surface area contributed by atoms with Gasteiger partial charge in [-0.05, 0) is 74.4 Å². The predicted molar refractivity (Wildman–Crippen MR) is 154 cm³/mol. The van der Waals surface area contributed by atoms with Crippen LogP contribution in [0.3, 0.4) is 0 Å². The number of amides is 1. The van der Waals surface area contributed by atoms with Gasteiger partial charge in [0.05, 0.1) is 18.9 Å². The molecule has 2 heterocycles. The van der Waals surface area contributed by atoms with Gasteiger partial charge in [-0.15, -0.1) is 0 Å². The molecule has 2 aliphatic rings. The molecule has 39 heavy (non-hydrogen) atoms. The fourth-order valence-corrected chi connectivity index (χ4v) is 6.35. The standard InChI is InChI=1S/C29H41N5O4S/c1-38-24-11-9-21(10-12-24)18-25(33-28(39)31-15-5-8-23-19-30-20-32-23)26(35)34-16-13-29(14-17-34,27(36)37)22-6-3-2-4-7-22/h9-12,19-20,22,25H,2-8,13-18H2,1H3,(H,30,32)(H,36,37)(H2,31,33,39)/t25-/m1/s1. The summed E-state index contributed by atoms with van der Waals surface area (Å²) in [5, 5.41) is 17.2. The summed E-state index contributed by atoms with van der Waals surface area (Å²) in [4.78, 5) is 35.2. The van der Waals surface area contributed by atoms with Gasteiger partial charge >= 0.3 is 5.97 Å². The van der Waals surface area contributed by atoms with E-state index in [0.717, 1.165) is 55.5 Å². The van der Waals surface area contributed by atoms with Gasteiger partial charge in [-0.25, -0.2) is 4.98 Å². The van der Waals surface area contributed by atoms with Gasteiger partial charge in [0, 0.05) is 37.9 Å². The second-order valence-corrected chi connectivity index (χ2v) is 11.2. The lowest BCUT2D eigenvalue weighted by atomic mass is 9.64. The van der Waals surface area contributed by atoms with Crippen molar-refractivity contribution in [3.63, 3.8) is 0 Å². The van der Waals surface area contributed by atoms with Gasteiger partial charge in [0.1, 0.15) is 11.8 Å². The van der Waals surface area contributed by atoms with Crippen LogP contribution in [-0.4, -0.2) is 69.7 Å². The maximum absolute atomic E-state index is 13.8. The zero-order valence-corrected chi connectivity index (χ0v) is 23.6. The number of carboxylic acid groups (broad SMARTS) is 1.